The molecule has 0 spiro atoms. The van der Waals surface area contributed by atoms with Gasteiger partial charge < -0.3 is 15.5 Å². The topological polar surface area (TPSA) is 44.4 Å². The smallest absolute Gasteiger partial charge is 0.242 e. The van der Waals surface area contributed by atoms with Crippen molar-refractivity contribution in [2.45, 2.75) is 45.2 Å². The summed E-state index contributed by atoms with van der Waals surface area (Å²) in [5.41, 5.74) is 0.778. The van der Waals surface area contributed by atoms with Crippen molar-refractivity contribution in [1.82, 2.24) is 10.2 Å². The van der Waals surface area contributed by atoms with E-state index in [9.17, 15) is 4.79 Å². The molecule has 2 N–H and O–H groups in total. The van der Waals surface area contributed by atoms with Crippen LogP contribution >= 0.6 is 23.2 Å². The lowest BCUT2D eigenvalue weighted by molar-refractivity contribution is -0.122. The van der Waals surface area contributed by atoms with Crippen molar-refractivity contribution in [3.63, 3.8) is 0 Å². The molecule has 0 aromatic heterocycles. The molecule has 1 aromatic carbocycles. The van der Waals surface area contributed by atoms with E-state index in [0.29, 0.717) is 10.0 Å². The second-order valence-corrected chi connectivity index (χ2v) is 6.92. The van der Waals surface area contributed by atoms with Crippen LogP contribution in [0.1, 0.15) is 33.1 Å². The second-order valence-electron chi connectivity index (χ2n) is 6.10. The first-order valence-electron chi connectivity index (χ1n) is 8.00. The number of amides is 1. The van der Waals surface area contributed by atoms with Gasteiger partial charge in [0.05, 0.1) is 10.0 Å². The van der Waals surface area contributed by atoms with E-state index in [1.165, 1.54) is 0 Å². The van der Waals surface area contributed by atoms with Gasteiger partial charge in [-0.15, -0.1) is 0 Å². The molecule has 130 valence electrons. The highest BCUT2D eigenvalue weighted by atomic mass is 35.5. The molecule has 6 heteroatoms. The van der Waals surface area contributed by atoms with Gasteiger partial charge >= 0.3 is 0 Å². The van der Waals surface area contributed by atoms with Gasteiger partial charge in [0.2, 0.25) is 5.91 Å². The highest BCUT2D eigenvalue weighted by molar-refractivity contribution is 6.42. The van der Waals surface area contributed by atoms with E-state index in [0.717, 1.165) is 31.5 Å². The van der Waals surface area contributed by atoms with E-state index < -0.39 is 0 Å². The van der Waals surface area contributed by atoms with Gasteiger partial charge in [0.25, 0.3) is 0 Å². The number of benzene rings is 1. The van der Waals surface area contributed by atoms with Crippen molar-refractivity contribution in [2.24, 2.45) is 0 Å². The number of nitrogens with zero attached hydrogens (tertiary/aromatic N) is 1. The molecule has 1 unspecified atom stereocenters. The maximum Gasteiger partial charge on any atom is 0.242 e. The lowest BCUT2D eigenvalue weighted by Gasteiger charge is -2.24. The predicted octanol–water partition coefficient (Wildman–Crippen LogP) is 4.03. The summed E-state index contributed by atoms with van der Waals surface area (Å²) in [6.45, 7) is 4.83. The Morgan fingerprint density at radius 3 is 2.52 bits per heavy atom. The van der Waals surface area contributed by atoms with Gasteiger partial charge in [-0.25, -0.2) is 0 Å². The Balaban J connectivity index is 2.60. The summed E-state index contributed by atoms with van der Waals surface area (Å²) in [6.07, 6.45) is 3.21. The van der Waals surface area contributed by atoms with Gasteiger partial charge in [-0.05, 0) is 45.6 Å². The molecular weight excluding hydrogens is 333 g/mol. The van der Waals surface area contributed by atoms with E-state index in [4.69, 9.17) is 23.2 Å². The number of nitrogens with one attached hydrogen (secondary N) is 2. The summed E-state index contributed by atoms with van der Waals surface area (Å²) >= 11 is 11.9. The Morgan fingerprint density at radius 2 is 1.96 bits per heavy atom. The van der Waals surface area contributed by atoms with Crippen molar-refractivity contribution in [3.05, 3.63) is 28.2 Å². The number of rotatable bonds is 9. The SMILES string of the molecule is CCCCC(CN(C)C)NC(=O)[C@H](C)Nc1ccc(Cl)c(Cl)c1. The zero-order valence-corrected chi connectivity index (χ0v) is 15.8. The maximum atomic E-state index is 12.4. The fourth-order valence-electron chi connectivity index (χ4n) is 2.33. The third-order valence-electron chi connectivity index (χ3n) is 3.53. The molecule has 0 aliphatic carbocycles. The Bertz CT molecular complexity index is 509. The first kappa shape index (κ1) is 20.1. The maximum absolute atomic E-state index is 12.4. The van der Waals surface area contributed by atoms with Gasteiger partial charge in [-0.2, -0.15) is 0 Å². The summed E-state index contributed by atoms with van der Waals surface area (Å²) in [5, 5.41) is 7.25. The highest BCUT2D eigenvalue weighted by Crippen LogP contribution is 2.25. The zero-order chi connectivity index (χ0) is 17.4. The summed E-state index contributed by atoms with van der Waals surface area (Å²) in [4.78, 5) is 14.5. The van der Waals surface area contributed by atoms with Crippen molar-refractivity contribution < 1.29 is 4.79 Å². The van der Waals surface area contributed by atoms with Crippen LogP contribution in [0.4, 0.5) is 5.69 Å². The molecule has 0 heterocycles. The number of halogens is 2. The summed E-state index contributed by atoms with van der Waals surface area (Å²) < 4.78 is 0. The minimum absolute atomic E-state index is 0.0148. The molecule has 0 aliphatic rings. The highest BCUT2D eigenvalue weighted by Gasteiger charge is 2.18. The quantitative estimate of drug-likeness (QED) is 0.699. The van der Waals surface area contributed by atoms with Crippen LogP contribution in [0, 0.1) is 0 Å². The average molecular weight is 360 g/mol. The Labute approximate surface area is 149 Å². The summed E-state index contributed by atoms with van der Waals surface area (Å²) in [7, 11) is 4.03. The standard InChI is InChI=1S/C17H27Cl2N3O/c1-5-6-7-14(11-22(3)4)21-17(23)12(2)20-13-8-9-15(18)16(19)10-13/h8-10,12,14,20H,5-7,11H2,1-4H3,(H,21,23)/t12-,14?/m0/s1. The van der Waals surface area contributed by atoms with E-state index in [-0.39, 0.29) is 18.0 Å². The lowest BCUT2D eigenvalue weighted by atomic mass is 10.1. The van der Waals surface area contributed by atoms with Crippen molar-refractivity contribution >= 4 is 34.8 Å². The van der Waals surface area contributed by atoms with Gasteiger partial charge in [0, 0.05) is 18.3 Å². The number of likely N-dealkylation sites (N-methyl/N-ethyl adjacent to an activating group) is 1. The minimum Gasteiger partial charge on any atom is -0.374 e. The van der Waals surface area contributed by atoms with Crippen molar-refractivity contribution in [2.75, 3.05) is 26.0 Å². The predicted molar refractivity (Wildman–Crippen MR) is 99.6 cm³/mol. The largest absolute Gasteiger partial charge is 0.374 e. The van der Waals surface area contributed by atoms with E-state index in [2.05, 4.69) is 22.5 Å². The van der Waals surface area contributed by atoms with Crippen LogP contribution in [0.2, 0.25) is 10.0 Å². The number of hydrogen-bond donors (Lipinski definition) is 2. The van der Waals surface area contributed by atoms with Gasteiger partial charge in [0.1, 0.15) is 6.04 Å². The fraction of sp³-hybridized carbons (Fsp3) is 0.588. The molecule has 0 fully saturated rings. The normalized spacial score (nSPS) is 13.7. The molecule has 4 nitrogen and oxygen atoms in total. The first-order chi connectivity index (χ1) is 10.8. The molecule has 23 heavy (non-hydrogen) atoms. The van der Waals surface area contributed by atoms with Crippen LogP contribution in [0.15, 0.2) is 18.2 Å². The van der Waals surface area contributed by atoms with E-state index in [1.54, 1.807) is 12.1 Å². The van der Waals surface area contributed by atoms with Crippen LogP contribution in [-0.2, 0) is 4.79 Å². The molecular formula is C17H27Cl2N3O. The van der Waals surface area contributed by atoms with Gasteiger partial charge in [-0.1, -0.05) is 43.0 Å². The molecule has 0 saturated heterocycles. The molecule has 2 atom stereocenters. The van der Waals surface area contributed by atoms with E-state index >= 15 is 0 Å². The Kier molecular flexibility index (Phi) is 8.74. The first-order valence-corrected chi connectivity index (χ1v) is 8.75. The lowest BCUT2D eigenvalue weighted by Crippen LogP contribution is -2.47. The molecule has 1 aromatic rings. The van der Waals surface area contributed by atoms with Gasteiger partial charge in [0.15, 0.2) is 0 Å². The third kappa shape index (κ3) is 7.42. The monoisotopic (exact) mass is 359 g/mol. The number of hydrogen-bond acceptors (Lipinski definition) is 3. The van der Waals surface area contributed by atoms with Crippen LogP contribution in [0.25, 0.3) is 0 Å². The average Bonchev–Trinajstić information content (AvgIpc) is 2.47. The molecule has 1 rings (SSSR count). The Morgan fingerprint density at radius 1 is 1.26 bits per heavy atom. The molecule has 0 aliphatic heterocycles. The number of unbranched alkanes of at least 4 members (excludes halogenated alkanes) is 1. The van der Waals surface area contributed by atoms with Crippen LogP contribution in [-0.4, -0.2) is 43.5 Å². The van der Waals surface area contributed by atoms with Crippen molar-refractivity contribution in [3.8, 4) is 0 Å². The number of carbonyl (C=O) groups is 1. The molecule has 0 saturated carbocycles. The second kappa shape index (κ2) is 10.0. The van der Waals surface area contributed by atoms with Gasteiger partial charge in [-0.3, -0.25) is 4.79 Å². The zero-order valence-electron chi connectivity index (χ0n) is 14.3. The summed E-state index contributed by atoms with van der Waals surface area (Å²) in [5.74, 6) is -0.0148. The number of anilines is 1. The molecule has 0 bridgehead atoms. The van der Waals surface area contributed by atoms with Crippen LogP contribution < -0.4 is 10.6 Å². The van der Waals surface area contributed by atoms with Crippen LogP contribution in [0.3, 0.4) is 0 Å². The fourth-order valence-corrected chi connectivity index (χ4v) is 2.63. The van der Waals surface area contributed by atoms with Crippen LogP contribution in [0.5, 0.6) is 0 Å². The Hall–Kier alpha value is -0.970. The van der Waals surface area contributed by atoms with E-state index in [1.807, 2.05) is 27.1 Å². The third-order valence-corrected chi connectivity index (χ3v) is 4.27. The number of carbonyl (C=O) groups excluding carboxylic acids is 1. The molecule has 0 radical (unpaired) electrons. The summed E-state index contributed by atoms with van der Waals surface area (Å²) in [6, 6.07) is 5.07. The molecule has 1 amide bonds. The van der Waals surface area contributed by atoms with Crippen molar-refractivity contribution in [1.29, 1.82) is 0 Å². The minimum atomic E-state index is -0.349.